The van der Waals surface area contributed by atoms with E-state index in [4.69, 9.17) is 4.74 Å². The fourth-order valence-corrected chi connectivity index (χ4v) is 2.29. The van der Waals surface area contributed by atoms with Crippen molar-refractivity contribution in [1.29, 1.82) is 0 Å². The molecule has 0 radical (unpaired) electrons. The third-order valence-corrected chi connectivity index (χ3v) is 3.01. The Morgan fingerprint density at radius 1 is 1.38 bits per heavy atom. The van der Waals surface area contributed by atoms with Gasteiger partial charge in [0.15, 0.2) is 0 Å². The average molecular weight is 184 g/mol. The van der Waals surface area contributed by atoms with Gasteiger partial charge in [0.05, 0.1) is 12.7 Å². The summed E-state index contributed by atoms with van der Waals surface area (Å²) >= 11 is 0. The van der Waals surface area contributed by atoms with Crippen molar-refractivity contribution >= 4 is 0 Å². The maximum absolute atomic E-state index is 5.56. The van der Waals surface area contributed by atoms with Gasteiger partial charge in [-0.25, -0.2) is 0 Å². The van der Waals surface area contributed by atoms with Crippen LogP contribution in [0.3, 0.4) is 0 Å². The molecule has 0 aromatic heterocycles. The van der Waals surface area contributed by atoms with Crippen LogP contribution in [0, 0.1) is 5.92 Å². The van der Waals surface area contributed by atoms with Crippen LogP contribution in [-0.4, -0.2) is 50.3 Å². The van der Waals surface area contributed by atoms with Crippen LogP contribution in [0.5, 0.6) is 0 Å². The van der Waals surface area contributed by atoms with E-state index in [-0.39, 0.29) is 0 Å². The van der Waals surface area contributed by atoms with E-state index in [1.54, 1.807) is 0 Å². The molecule has 0 saturated carbocycles. The molecule has 0 aromatic rings. The highest BCUT2D eigenvalue weighted by Crippen LogP contribution is 2.19. The lowest BCUT2D eigenvalue weighted by Crippen LogP contribution is -2.45. The molecule has 2 unspecified atom stereocenters. The smallest absolute Gasteiger partial charge is 0.0551 e. The molecule has 0 aliphatic carbocycles. The summed E-state index contributed by atoms with van der Waals surface area (Å²) in [4.78, 5) is 2.56. The second-order valence-corrected chi connectivity index (χ2v) is 4.30. The summed E-state index contributed by atoms with van der Waals surface area (Å²) in [5.41, 5.74) is 0. The Morgan fingerprint density at radius 3 is 2.77 bits per heavy atom. The van der Waals surface area contributed by atoms with E-state index >= 15 is 0 Å². The van der Waals surface area contributed by atoms with Crippen molar-refractivity contribution in [1.82, 2.24) is 10.2 Å². The SMILES string of the molecule is CC1CC(CN2CCNCC2)CO1. The summed E-state index contributed by atoms with van der Waals surface area (Å²) in [6, 6.07) is 0. The molecule has 2 aliphatic rings. The minimum atomic E-state index is 0.493. The molecule has 0 bridgehead atoms. The Bertz CT molecular complexity index is 154. The zero-order valence-corrected chi connectivity index (χ0v) is 8.46. The predicted octanol–water partition coefficient (Wildman–Crippen LogP) is 0.317. The molecule has 2 fully saturated rings. The molecule has 2 atom stereocenters. The third kappa shape index (κ3) is 2.66. The largest absolute Gasteiger partial charge is 0.378 e. The van der Waals surface area contributed by atoms with Gasteiger partial charge in [0.1, 0.15) is 0 Å². The number of hydrogen-bond donors (Lipinski definition) is 1. The standard InChI is InChI=1S/C10H20N2O/c1-9-6-10(8-13-9)7-12-4-2-11-3-5-12/h9-11H,2-8H2,1H3. The van der Waals surface area contributed by atoms with Gasteiger partial charge < -0.3 is 15.0 Å². The number of nitrogens with zero attached hydrogens (tertiary/aromatic N) is 1. The van der Waals surface area contributed by atoms with E-state index in [1.807, 2.05) is 0 Å². The first kappa shape index (κ1) is 9.44. The lowest BCUT2D eigenvalue weighted by molar-refractivity contribution is 0.114. The summed E-state index contributed by atoms with van der Waals surface area (Å²) in [5.74, 6) is 0.785. The molecule has 0 amide bonds. The summed E-state index contributed by atoms with van der Waals surface area (Å²) in [5, 5.41) is 3.38. The van der Waals surface area contributed by atoms with E-state index < -0.39 is 0 Å². The monoisotopic (exact) mass is 184 g/mol. The predicted molar refractivity (Wildman–Crippen MR) is 52.8 cm³/mol. The topological polar surface area (TPSA) is 24.5 Å². The number of ether oxygens (including phenoxy) is 1. The van der Waals surface area contributed by atoms with Crippen molar-refractivity contribution in [3.05, 3.63) is 0 Å². The number of piperazine rings is 1. The Balaban J connectivity index is 1.71. The molecule has 2 rings (SSSR count). The van der Waals surface area contributed by atoms with Crippen molar-refractivity contribution < 1.29 is 4.74 Å². The quantitative estimate of drug-likeness (QED) is 0.669. The highest BCUT2D eigenvalue weighted by molar-refractivity contribution is 4.76. The first-order valence-corrected chi connectivity index (χ1v) is 5.39. The maximum atomic E-state index is 5.56. The van der Waals surface area contributed by atoms with Crippen LogP contribution in [0.1, 0.15) is 13.3 Å². The van der Waals surface area contributed by atoms with Crippen molar-refractivity contribution in [2.75, 3.05) is 39.3 Å². The Hall–Kier alpha value is -0.120. The zero-order chi connectivity index (χ0) is 9.10. The molecule has 2 heterocycles. The molecule has 3 nitrogen and oxygen atoms in total. The van der Waals surface area contributed by atoms with Gasteiger partial charge in [-0.15, -0.1) is 0 Å². The first-order chi connectivity index (χ1) is 6.34. The van der Waals surface area contributed by atoms with Crippen LogP contribution in [-0.2, 0) is 4.74 Å². The van der Waals surface area contributed by atoms with Crippen molar-refractivity contribution in [2.45, 2.75) is 19.4 Å². The van der Waals surface area contributed by atoms with Gasteiger partial charge in [0, 0.05) is 32.7 Å². The fraction of sp³-hybridized carbons (Fsp3) is 1.00. The number of hydrogen-bond acceptors (Lipinski definition) is 3. The van der Waals surface area contributed by atoms with Crippen molar-refractivity contribution in [2.24, 2.45) is 5.92 Å². The van der Waals surface area contributed by atoms with E-state index in [0.29, 0.717) is 6.10 Å². The highest BCUT2D eigenvalue weighted by Gasteiger charge is 2.24. The molecule has 1 N–H and O–H groups in total. The van der Waals surface area contributed by atoms with Crippen LogP contribution >= 0.6 is 0 Å². The van der Waals surface area contributed by atoms with Gasteiger partial charge in [-0.2, -0.15) is 0 Å². The summed E-state index contributed by atoms with van der Waals surface area (Å²) in [6.45, 7) is 9.14. The normalized spacial score (nSPS) is 36.7. The Morgan fingerprint density at radius 2 is 2.15 bits per heavy atom. The molecule has 0 aromatic carbocycles. The van der Waals surface area contributed by atoms with Gasteiger partial charge in [0.2, 0.25) is 0 Å². The van der Waals surface area contributed by atoms with Gasteiger partial charge in [-0.05, 0) is 19.3 Å². The van der Waals surface area contributed by atoms with Gasteiger partial charge in [-0.3, -0.25) is 0 Å². The molecule has 2 aliphatic heterocycles. The summed E-state index contributed by atoms with van der Waals surface area (Å²) in [6.07, 6.45) is 1.75. The molecule has 2 saturated heterocycles. The molecule has 0 spiro atoms. The second kappa shape index (κ2) is 4.40. The van der Waals surface area contributed by atoms with E-state index in [0.717, 1.165) is 25.6 Å². The highest BCUT2D eigenvalue weighted by atomic mass is 16.5. The number of rotatable bonds is 2. The van der Waals surface area contributed by atoms with Crippen LogP contribution < -0.4 is 5.32 Å². The molecule has 76 valence electrons. The second-order valence-electron chi connectivity index (χ2n) is 4.30. The fourth-order valence-electron chi connectivity index (χ4n) is 2.29. The Kier molecular flexibility index (Phi) is 3.19. The minimum absolute atomic E-state index is 0.493. The lowest BCUT2D eigenvalue weighted by atomic mass is 10.1. The molecule has 3 heteroatoms. The third-order valence-electron chi connectivity index (χ3n) is 3.01. The average Bonchev–Trinajstić information content (AvgIpc) is 2.53. The summed E-state index contributed by atoms with van der Waals surface area (Å²) in [7, 11) is 0. The zero-order valence-electron chi connectivity index (χ0n) is 8.46. The first-order valence-electron chi connectivity index (χ1n) is 5.39. The molecular formula is C10H20N2O. The summed E-state index contributed by atoms with van der Waals surface area (Å²) < 4.78 is 5.56. The van der Waals surface area contributed by atoms with Crippen molar-refractivity contribution in [3.63, 3.8) is 0 Å². The van der Waals surface area contributed by atoms with Gasteiger partial charge in [0.25, 0.3) is 0 Å². The van der Waals surface area contributed by atoms with Crippen LogP contribution in [0.25, 0.3) is 0 Å². The number of nitrogens with one attached hydrogen (secondary N) is 1. The van der Waals surface area contributed by atoms with Crippen LogP contribution in [0.2, 0.25) is 0 Å². The van der Waals surface area contributed by atoms with Gasteiger partial charge >= 0.3 is 0 Å². The van der Waals surface area contributed by atoms with E-state index in [1.165, 1.54) is 26.1 Å². The van der Waals surface area contributed by atoms with Gasteiger partial charge in [-0.1, -0.05) is 0 Å². The van der Waals surface area contributed by atoms with E-state index in [2.05, 4.69) is 17.1 Å². The Labute approximate surface area is 80.4 Å². The molecular weight excluding hydrogens is 164 g/mol. The van der Waals surface area contributed by atoms with Crippen molar-refractivity contribution in [3.8, 4) is 0 Å². The lowest BCUT2D eigenvalue weighted by Gasteiger charge is -2.29. The van der Waals surface area contributed by atoms with Crippen LogP contribution in [0.4, 0.5) is 0 Å². The molecule has 13 heavy (non-hydrogen) atoms. The maximum Gasteiger partial charge on any atom is 0.0551 e. The van der Waals surface area contributed by atoms with Crippen LogP contribution in [0.15, 0.2) is 0 Å². The minimum Gasteiger partial charge on any atom is -0.378 e. The van der Waals surface area contributed by atoms with E-state index in [9.17, 15) is 0 Å².